The lowest BCUT2D eigenvalue weighted by molar-refractivity contribution is 0.253. The summed E-state index contributed by atoms with van der Waals surface area (Å²) in [5.74, 6) is -0.344. The first-order chi connectivity index (χ1) is 8.17. The molecule has 1 fully saturated rings. The first-order valence-electron chi connectivity index (χ1n) is 5.53. The van der Waals surface area contributed by atoms with Crippen LogP contribution < -0.4 is 5.73 Å². The molecule has 3 nitrogen and oxygen atoms in total. The Labute approximate surface area is 103 Å². The van der Waals surface area contributed by atoms with E-state index in [9.17, 15) is 4.39 Å². The predicted molar refractivity (Wildman–Crippen MR) is 65.0 cm³/mol. The molecule has 0 saturated heterocycles. The summed E-state index contributed by atoms with van der Waals surface area (Å²) in [6.45, 7) is 0. The summed E-state index contributed by atoms with van der Waals surface area (Å²) in [5, 5.41) is 2.86. The molecule has 0 aromatic carbocycles. The fraction of sp³-hybridized carbons (Fsp3) is 0.333. The second-order valence-electron chi connectivity index (χ2n) is 4.44. The summed E-state index contributed by atoms with van der Waals surface area (Å²) in [6, 6.07) is 1.44. The molecule has 1 aliphatic carbocycles. The zero-order valence-electron chi connectivity index (χ0n) is 9.19. The molecule has 0 amide bonds. The van der Waals surface area contributed by atoms with Crippen molar-refractivity contribution >= 4 is 11.3 Å². The molecule has 0 aliphatic heterocycles. The third-order valence-electron chi connectivity index (χ3n) is 3.18. The van der Waals surface area contributed by atoms with E-state index in [1.807, 2.05) is 5.38 Å². The van der Waals surface area contributed by atoms with Gasteiger partial charge in [0, 0.05) is 17.1 Å². The monoisotopic (exact) mass is 249 g/mol. The molecule has 0 bridgehead atoms. The summed E-state index contributed by atoms with van der Waals surface area (Å²) < 4.78 is 13.1. The standard InChI is InChI=1S/C12H12FN3S/c13-9-4-8(5-15-6-9)10-7-17-11(16-10)12(14)2-1-3-12/h4-7H,1-3,14H2. The lowest BCUT2D eigenvalue weighted by atomic mass is 9.78. The van der Waals surface area contributed by atoms with E-state index in [0.717, 1.165) is 30.0 Å². The van der Waals surface area contributed by atoms with E-state index in [-0.39, 0.29) is 11.4 Å². The highest BCUT2D eigenvalue weighted by atomic mass is 32.1. The quantitative estimate of drug-likeness (QED) is 0.890. The fourth-order valence-electron chi connectivity index (χ4n) is 1.96. The zero-order valence-corrected chi connectivity index (χ0v) is 10.0. The van der Waals surface area contributed by atoms with Crippen molar-refractivity contribution < 1.29 is 4.39 Å². The average Bonchev–Trinajstić information content (AvgIpc) is 2.75. The van der Waals surface area contributed by atoms with Crippen LogP contribution in [-0.4, -0.2) is 9.97 Å². The van der Waals surface area contributed by atoms with Crippen LogP contribution in [0.4, 0.5) is 4.39 Å². The molecule has 0 unspecified atom stereocenters. The molecule has 17 heavy (non-hydrogen) atoms. The van der Waals surface area contributed by atoms with Crippen molar-refractivity contribution in [2.75, 3.05) is 0 Å². The molecule has 2 heterocycles. The number of nitrogens with two attached hydrogens (primary N) is 1. The Hall–Kier alpha value is -1.33. The molecule has 1 saturated carbocycles. The third-order valence-corrected chi connectivity index (χ3v) is 4.24. The fourth-order valence-corrected chi connectivity index (χ4v) is 2.96. The number of thiazole rings is 1. The number of rotatable bonds is 2. The minimum absolute atomic E-state index is 0.246. The molecule has 5 heteroatoms. The van der Waals surface area contributed by atoms with E-state index in [1.54, 1.807) is 17.5 Å². The summed E-state index contributed by atoms with van der Waals surface area (Å²) in [7, 11) is 0. The molecule has 2 aromatic heterocycles. The maximum absolute atomic E-state index is 13.1. The van der Waals surface area contributed by atoms with Gasteiger partial charge in [0.15, 0.2) is 0 Å². The van der Waals surface area contributed by atoms with Gasteiger partial charge in [-0.05, 0) is 25.3 Å². The SMILES string of the molecule is NC1(c2nc(-c3cncc(F)c3)cs2)CCC1. The van der Waals surface area contributed by atoms with Gasteiger partial charge >= 0.3 is 0 Å². The lowest BCUT2D eigenvalue weighted by Crippen LogP contribution is -2.43. The zero-order chi connectivity index (χ0) is 11.9. The Morgan fingerprint density at radius 3 is 2.82 bits per heavy atom. The van der Waals surface area contributed by atoms with Gasteiger partial charge in [-0.1, -0.05) is 0 Å². The maximum atomic E-state index is 13.1. The number of nitrogens with zero attached hydrogens (tertiary/aromatic N) is 2. The summed E-state index contributed by atoms with van der Waals surface area (Å²) in [6.07, 6.45) is 5.94. The maximum Gasteiger partial charge on any atom is 0.142 e. The van der Waals surface area contributed by atoms with Crippen LogP contribution in [0.2, 0.25) is 0 Å². The topological polar surface area (TPSA) is 51.8 Å². The van der Waals surface area contributed by atoms with E-state index in [2.05, 4.69) is 9.97 Å². The van der Waals surface area contributed by atoms with Crippen molar-refractivity contribution in [1.29, 1.82) is 0 Å². The summed E-state index contributed by atoms with van der Waals surface area (Å²) >= 11 is 1.55. The first-order valence-corrected chi connectivity index (χ1v) is 6.41. The second-order valence-corrected chi connectivity index (χ2v) is 5.30. The van der Waals surface area contributed by atoms with Gasteiger partial charge in [0.1, 0.15) is 10.8 Å². The Balaban J connectivity index is 1.95. The molecule has 88 valence electrons. The van der Waals surface area contributed by atoms with Gasteiger partial charge < -0.3 is 5.73 Å². The largest absolute Gasteiger partial charge is 0.319 e. The van der Waals surface area contributed by atoms with Crippen molar-refractivity contribution in [2.45, 2.75) is 24.8 Å². The van der Waals surface area contributed by atoms with Gasteiger partial charge in [-0.25, -0.2) is 9.37 Å². The first kappa shape index (κ1) is 10.8. The highest BCUT2D eigenvalue weighted by Crippen LogP contribution is 2.40. The number of halogens is 1. The van der Waals surface area contributed by atoms with E-state index in [0.29, 0.717) is 5.56 Å². The Kier molecular flexibility index (Phi) is 2.45. The predicted octanol–water partition coefficient (Wildman–Crippen LogP) is 2.68. The molecular weight excluding hydrogens is 237 g/mol. The van der Waals surface area contributed by atoms with Gasteiger partial charge in [-0.15, -0.1) is 11.3 Å². The number of hydrogen-bond donors (Lipinski definition) is 1. The lowest BCUT2D eigenvalue weighted by Gasteiger charge is -2.35. The van der Waals surface area contributed by atoms with Gasteiger partial charge in [-0.3, -0.25) is 4.98 Å². The van der Waals surface area contributed by atoms with E-state index in [4.69, 9.17) is 5.73 Å². The van der Waals surface area contributed by atoms with E-state index < -0.39 is 0 Å². The highest BCUT2D eigenvalue weighted by Gasteiger charge is 2.37. The molecule has 2 N–H and O–H groups in total. The van der Waals surface area contributed by atoms with Crippen LogP contribution in [0.25, 0.3) is 11.3 Å². The molecule has 0 spiro atoms. The van der Waals surface area contributed by atoms with E-state index in [1.165, 1.54) is 12.3 Å². The number of hydrogen-bond acceptors (Lipinski definition) is 4. The summed E-state index contributed by atoms with van der Waals surface area (Å²) in [5.41, 5.74) is 7.42. The van der Waals surface area contributed by atoms with Crippen LogP contribution in [-0.2, 0) is 5.54 Å². The van der Waals surface area contributed by atoms with Crippen molar-refractivity contribution in [3.05, 3.63) is 34.7 Å². The Morgan fingerprint density at radius 2 is 2.18 bits per heavy atom. The number of pyridine rings is 1. The molecule has 0 radical (unpaired) electrons. The normalized spacial score (nSPS) is 17.8. The van der Waals surface area contributed by atoms with Crippen molar-refractivity contribution in [1.82, 2.24) is 9.97 Å². The van der Waals surface area contributed by atoms with Crippen molar-refractivity contribution in [3.8, 4) is 11.3 Å². The van der Waals surface area contributed by atoms with E-state index >= 15 is 0 Å². The van der Waals surface area contributed by atoms with Gasteiger partial charge in [0.2, 0.25) is 0 Å². The van der Waals surface area contributed by atoms with Crippen LogP contribution in [0.5, 0.6) is 0 Å². The third kappa shape index (κ3) is 1.85. The number of aromatic nitrogens is 2. The van der Waals surface area contributed by atoms with Crippen LogP contribution in [0, 0.1) is 5.82 Å². The molecule has 2 aromatic rings. The summed E-state index contributed by atoms with van der Waals surface area (Å²) in [4.78, 5) is 8.33. The van der Waals surface area contributed by atoms with Crippen LogP contribution in [0.3, 0.4) is 0 Å². The Morgan fingerprint density at radius 1 is 1.35 bits per heavy atom. The average molecular weight is 249 g/mol. The van der Waals surface area contributed by atoms with Gasteiger partial charge in [0.25, 0.3) is 0 Å². The Bertz CT molecular complexity index is 548. The molecular formula is C12H12FN3S. The molecule has 0 atom stereocenters. The van der Waals surface area contributed by atoms with Crippen LogP contribution in [0.1, 0.15) is 24.3 Å². The van der Waals surface area contributed by atoms with Gasteiger partial charge in [-0.2, -0.15) is 0 Å². The van der Waals surface area contributed by atoms with Crippen LogP contribution in [0.15, 0.2) is 23.8 Å². The van der Waals surface area contributed by atoms with Crippen LogP contribution >= 0.6 is 11.3 Å². The molecule has 1 aliphatic rings. The van der Waals surface area contributed by atoms with Crippen molar-refractivity contribution in [3.63, 3.8) is 0 Å². The van der Waals surface area contributed by atoms with Crippen molar-refractivity contribution in [2.24, 2.45) is 5.73 Å². The minimum atomic E-state index is -0.344. The van der Waals surface area contributed by atoms with Gasteiger partial charge in [0.05, 0.1) is 17.4 Å². The smallest absolute Gasteiger partial charge is 0.142 e. The second kappa shape index (κ2) is 3.85. The molecule has 3 rings (SSSR count). The highest BCUT2D eigenvalue weighted by molar-refractivity contribution is 7.10. The minimum Gasteiger partial charge on any atom is -0.319 e.